The summed E-state index contributed by atoms with van der Waals surface area (Å²) in [5.41, 5.74) is 0. The van der Waals surface area contributed by atoms with Crippen LogP contribution in [0.1, 0.15) is 310 Å². The smallest absolute Gasteiger partial charge is 0.306 e. The third kappa shape index (κ3) is 52.6. The number of unbranched alkanes of at least 4 members (excludes halogenated alkanes) is 36. The van der Waals surface area contributed by atoms with Gasteiger partial charge < -0.3 is 14.2 Å². The first-order chi connectivity index (χ1) is 32.5. The van der Waals surface area contributed by atoms with E-state index in [4.69, 9.17) is 14.2 Å². The zero-order valence-corrected chi connectivity index (χ0v) is 44.2. The van der Waals surface area contributed by atoms with Crippen molar-refractivity contribution in [2.75, 3.05) is 13.2 Å². The number of ether oxygens (including phenoxy) is 3. The maximum absolute atomic E-state index is 12.8. The number of allylic oxidation sites excluding steroid dienone is 6. The van der Waals surface area contributed by atoms with E-state index in [-0.39, 0.29) is 31.1 Å². The Hall–Kier alpha value is -2.37. The van der Waals surface area contributed by atoms with Crippen molar-refractivity contribution in [2.45, 2.75) is 316 Å². The molecule has 0 fully saturated rings. The van der Waals surface area contributed by atoms with Crippen LogP contribution in [0.2, 0.25) is 0 Å². The predicted octanol–water partition coefficient (Wildman–Crippen LogP) is 19.3. The molecule has 0 N–H and O–H groups in total. The number of rotatable bonds is 53. The number of hydrogen-bond acceptors (Lipinski definition) is 6. The average molecular weight is 928 g/mol. The summed E-state index contributed by atoms with van der Waals surface area (Å²) in [5, 5.41) is 0. The quantitative estimate of drug-likeness (QED) is 0.0262. The molecule has 0 rings (SSSR count). The second kappa shape index (κ2) is 55.2. The van der Waals surface area contributed by atoms with E-state index in [2.05, 4.69) is 57.2 Å². The minimum absolute atomic E-state index is 0.0714. The molecule has 0 aliphatic rings. The van der Waals surface area contributed by atoms with Gasteiger partial charge in [0.05, 0.1) is 0 Å². The van der Waals surface area contributed by atoms with E-state index in [1.807, 2.05) is 0 Å². The third-order valence-corrected chi connectivity index (χ3v) is 12.9. The first kappa shape index (κ1) is 63.6. The van der Waals surface area contributed by atoms with E-state index in [0.717, 1.165) is 77.0 Å². The molecule has 0 bridgehead atoms. The molecule has 0 aromatic carbocycles. The van der Waals surface area contributed by atoms with Gasteiger partial charge >= 0.3 is 17.9 Å². The lowest BCUT2D eigenvalue weighted by molar-refractivity contribution is -0.167. The topological polar surface area (TPSA) is 78.9 Å². The maximum Gasteiger partial charge on any atom is 0.306 e. The van der Waals surface area contributed by atoms with Crippen molar-refractivity contribution in [3.8, 4) is 0 Å². The number of hydrogen-bond donors (Lipinski definition) is 0. The molecule has 0 spiro atoms. The highest BCUT2D eigenvalue weighted by Crippen LogP contribution is 2.17. The Balaban J connectivity index is 4.35. The van der Waals surface area contributed by atoms with Crippen molar-refractivity contribution in [2.24, 2.45) is 0 Å². The van der Waals surface area contributed by atoms with Gasteiger partial charge in [-0.2, -0.15) is 0 Å². The van der Waals surface area contributed by atoms with Crippen molar-refractivity contribution >= 4 is 17.9 Å². The third-order valence-electron chi connectivity index (χ3n) is 12.9. The Kier molecular flexibility index (Phi) is 53.2. The fourth-order valence-electron chi connectivity index (χ4n) is 8.51. The van der Waals surface area contributed by atoms with Crippen molar-refractivity contribution in [1.82, 2.24) is 0 Å². The fourth-order valence-corrected chi connectivity index (χ4v) is 8.51. The molecule has 0 aliphatic heterocycles. The van der Waals surface area contributed by atoms with Crippen LogP contribution in [0.5, 0.6) is 0 Å². The molecular formula is C60H110O6. The van der Waals surface area contributed by atoms with Crippen LogP contribution in [0, 0.1) is 0 Å². The van der Waals surface area contributed by atoms with Crippen LogP contribution in [0.4, 0.5) is 0 Å². The highest BCUT2D eigenvalue weighted by atomic mass is 16.6. The normalized spacial score (nSPS) is 12.2. The second-order valence-electron chi connectivity index (χ2n) is 19.6. The van der Waals surface area contributed by atoms with Gasteiger partial charge in [-0.3, -0.25) is 14.4 Å². The van der Waals surface area contributed by atoms with Gasteiger partial charge in [0, 0.05) is 19.3 Å². The minimum atomic E-state index is -0.773. The van der Waals surface area contributed by atoms with Crippen LogP contribution in [-0.4, -0.2) is 37.2 Å². The largest absolute Gasteiger partial charge is 0.462 e. The van der Waals surface area contributed by atoms with Gasteiger partial charge in [0.25, 0.3) is 0 Å². The van der Waals surface area contributed by atoms with E-state index in [9.17, 15) is 14.4 Å². The standard InChI is InChI=1S/C60H110O6/c1-4-7-10-13-16-19-22-25-28-29-30-31-33-35-38-41-44-47-50-53-59(62)65-56-57(55-64-58(61)52-49-46-43-40-37-34-27-24-21-18-15-12-9-6-3)66-60(63)54-51-48-45-42-39-36-32-26-23-20-17-14-11-8-5-2/h16,19,25,28,30-31,57H,4-15,17-18,20-24,26-27,29,32-56H2,1-3H3/b19-16-,28-25-,31-30-. The SMILES string of the molecule is CCCCC/C=C\C/C=C\C/C=C\CCCCCCCCC(=O)OCC(COC(=O)CCCCCCCCCCCCCCCC)OC(=O)CCCCCCCCCCCCCCCCC. The molecule has 0 aromatic heterocycles. The van der Waals surface area contributed by atoms with E-state index in [1.54, 1.807) is 0 Å². The molecule has 6 nitrogen and oxygen atoms in total. The van der Waals surface area contributed by atoms with E-state index in [0.29, 0.717) is 19.3 Å². The molecule has 0 saturated carbocycles. The monoisotopic (exact) mass is 927 g/mol. The molecule has 386 valence electrons. The molecule has 0 saturated heterocycles. The van der Waals surface area contributed by atoms with Gasteiger partial charge in [-0.25, -0.2) is 0 Å². The minimum Gasteiger partial charge on any atom is -0.462 e. The van der Waals surface area contributed by atoms with Gasteiger partial charge in [-0.05, 0) is 57.8 Å². The number of carbonyl (C=O) groups excluding carboxylic acids is 3. The number of carbonyl (C=O) groups is 3. The summed E-state index contributed by atoms with van der Waals surface area (Å²) in [6, 6.07) is 0. The predicted molar refractivity (Wildman–Crippen MR) is 284 cm³/mol. The van der Waals surface area contributed by atoms with E-state index >= 15 is 0 Å². The fraction of sp³-hybridized carbons (Fsp3) is 0.850. The van der Waals surface area contributed by atoms with Crippen LogP contribution in [0.25, 0.3) is 0 Å². The maximum atomic E-state index is 12.8. The molecule has 0 aromatic rings. The highest BCUT2D eigenvalue weighted by molar-refractivity contribution is 5.71. The van der Waals surface area contributed by atoms with E-state index < -0.39 is 6.10 Å². The van der Waals surface area contributed by atoms with Gasteiger partial charge in [0.15, 0.2) is 6.10 Å². The molecule has 1 unspecified atom stereocenters. The summed E-state index contributed by atoms with van der Waals surface area (Å²) in [5.74, 6) is -0.865. The molecule has 0 aliphatic carbocycles. The lowest BCUT2D eigenvalue weighted by Crippen LogP contribution is -2.30. The molecule has 66 heavy (non-hydrogen) atoms. The molecule has 0 heterocycles. The summed E-state index contributed by atoms with van der Waals surface area (Å²) in [4.78, 5) is 38.1. The second-order valence-corrected chi connectivity index (χ2v) is 19.6. The van der Waals surface area contributed by atoms with Crippen LogP contribution in [-0.2, 0) is 28.6 Å². The highest BCUT2D eigenvalue weighted by Gasteiger charge is 2.19. The Morgan fingerprint density at radius 3 is 0.879 bits per heavy atom. The van der Waals surface area contributed by atoms with Gasteiger partial charge in [0.1, 0.15) is 13.2 Å². The van der Waals surface area contributed by atoms with Gasteiger partial charge in [-0.1, -0.05) is 269 Å². The summed E-state index contributed by atoms with van der Waals surface area (Å²) >= 11 is 0. The van der Waals surface area contributed by atoms with Gasteiger partial charge in [0.2, 0.25) is 0 Å². The van der Waals surface area contributed by atoms with Crippen LogP contribution < -0.4 is 0 Å². The van der Waals surface area contributed by atoms with Gasteiger partial charge in [-0.15, -0.1) is 0 Å². The Labute approximate surface area is 410 Å². The van der Waals surface area contributed by atoms with Crippen LogP contribution >= 0.6 is 0 Å². The summed E-state index contributed by atoms with van der Waals surface area (Å²) < 4.78 is 16.9. The van der Waals surface area contributed by atoms with E-state index in [1.165, 1.54) is 193 Å². The molecule has 0 radical (unpaired) electrons. The van der Waals surface area contributed by atoms with Crippen LogP contribution in [0.15, 0.2) is 36.5 Å². The zero-order valence-electron chi connectivity index (χ0n) is 44.2. The average Bonchev–Trinajstić information content (AvgIpc) is 3.31. The van der Waals surface area contributed by atoms with Crippen molar-refractivity contribution in [3.05, 3.63) is 36.5 Å². The summed E-state index contributed by atoms with van der Waals surface area (Å²) in [7, 11) is 0. The number of esters is 3. The zero-order chi connectivity index (χ0) is 47.9. The first-order valence-electron chi connectivity index (χ1n) is 29.0. The van der Waals surface area contributed by atoms with Crippen molar-refractivity contribution < 1.29 is 28.6 Å². The Bertz CT molecular complexity index is 1110. The molecular weight excluding hydrogens is 817 g/mol. The lowest BCUT2D eigenvalue weighted by Gasteiger charge is -2.18. The van der Waals surface area contributed by atoms with Crippen molar-refractivity contribution in [3.63, 3.8) is 0 Å². The first-order valence-corrected chi connectivity index (χ1v) is 29.0. The summed E-state index contributed by atoms with van der Waals surface area (Å²) in [6.07, 6.45) is 65.5. The summed E-state index contributed by atoms with van der Waals surface area (Å²) in [6.45, 7) is 6.64. The lowest BCUT2D eigenvalue weighted by atomic mass is 10.0. The van der Waals surface area contributed by atoms with Crippen molar-refractivity contribution in [1.29, 1.82) is 0 Å². The van der Waals surface area contributed by atoms with Crippen LogP contribution in [0.3, 0.4) is 0 Å². The molecule has 0 amide bonds. The Morgan fingerprint density at radius 1 is 0.303 bits per heavy atom. The molecule has 6 heteroatoms. The molecule has 1 atom stereocenters. The Morgan fingerprint density at radius 2 is 0.545 bits per heavy atom.